The van der Waals surface area contributed by atoms with Gasteiger partial charge in [0.25, 0.3) is 0 Å². The van der Waals surface area contributed by atoms with Crippen molar-refractivity contribution in [2.24, 2.45) is 10.9 Å². The number of hydrazone groups is 1. The minimum Gasteiger partial charge on any atom is -0.481 e. The van der Waals surface area contributed by atoms with Crippen molar-refractivity contribution in [3.63, 3.8) is 0 Å². The van der Waals surface area contributed by atoms with Crippen LogP contribution >= 0.6 is 0 Å². The zero-order valence-electron chi connectivity index (χ0n) is 17.6. The number of aliphatic carboxylic acids is 1. The highest BCUT2D eigenvalue weighted by Gasteiger charge is 2.23. The molecule has 0 aliphatic heterocycles. The predicted octanol–water partition coefficient (Wildman–Crippen LogP) is 2.08. The molecular weight excluding hydrogens is 448 g/mol. The molecule has 1 unspecified atom stereocenters. The maximum Gasteiger partial charge on any atom is 0.546 e. The van der Waals surface area contributed by atoms with Gasteiger partial charge < -0.3 is 36.1 Å². The van der Waals surface area contributed by atoms with Crippen LogP contribution in [-0.4, -0.2) is 39.0 Å². The Kier molecular flexibility index (Phi) is 7.48. The van der Waals surface area contributed by atoms with Gasteiger partial charge in [-0.25, -0.2) is 0 Å². The molecule has 2 aromatic carbocycles. The zero-order chi connectivity index (χ0) is 24.7. The Balaban J connectivity index is 1.61. The van der Waals surface area contributed by atoms with Crippen LogP contribution in [0.2, 0.25) is 0 Å². The molecule has 0 radical (unpaired) electrons. The minimum absolute atomic E-state index is 0.133. The van der Waals surface area contributed by atoms with E-state index < -0.39 is 41.2 Å². The fourth-order valence-electron chi connectivity index (χ4n) is 3.11. The SMILES string of the molecule is NN=Cc1ccc(NC(=O)CCC(=O)NC(CC(=O)O)c2ccc3oc([N+](=O)[O-])nc3c2)cc1. The molecular formula is C21H20N6O7. The molecule has 0 bridgehead atoms. The van der Waals surface area contributed by atoms with Crippen LogP contribution in [0.25, 0.3) is 11.1 Å². The van der Waals surface area contributed by atoms with Crippen LogP contribution in [0.15, 0.2) is 52.0 Å². The first kappa shape index (κ1) is 23.8. The first-order chi connectivity index (χ1) is 16.2. The molecule has 0 fully saturated rings. The molecule has 13 nitrogen and oxygen atoms in total. The number of nitrogens with one attached hydrogen (secondary N) is 2. The van der Waals surface area contributed by atoms with Crippen LogP contribution < -0.4 is 16.5 Å². The summed E-state index contributed by atoms with van der Waals surface area (Å²) >= 11 is 0. The topological polar surface area (TPSA) is 203 Å². The summed E-state index contributed by atoms with van der Waals surface area (Å²) in [6.07, 6.45) is 0.691. The Bertz CT molecular complexity index is 1250. The number of aromatic nitrogens is 1. The number of fused-ring (bicyclic) bond motifs is 1. The van der Waals surface area contributed by atoms with Crippen LogP contribution in [0, 0.1) is 10.1 Å². The van der Waals surface area contributed by atoms with E-state index in [0.29, 0.717) is 11.3 Å². The van der Waals surface area contributed by atoms with Gasteiger partial charge in [0, 0.05) is 28.4 Å². The summed E-state index contributed by atoms with van der Waals surface area (Å²) in [7, 11) is 0. The average molecular weight is 468 g/mol. The van der Waals surface area contributed by atoms with Gasteiger partial charge >= 0.3 is 12.0 Å². The van der Waals surface area contributed by atoms with Crippen LogP contribution in [0.1, 0.15) is 36.4 Å². The summed E-state index contributed by atoms with van der Waals surface area (Å²) in [5, 5.41) is 28.7. The van der Waals surface area contributed by atoms with Gasteiger partial charge in [-0.3, -0.25) is 14.4 Å². The summed E-state index contributed by atoms with van der Waals surface area (Å²) in [6.45, 7) is 0. The van der Waals surface area contributed by atoms with Crippen molar-refractivity contribution in [3.8, 4) is 0 Å². The first-order valence-corrected chi connectivity index (χ1v) is 9.94. The van der Waals surface area contributed by atoms with E-state index in [1.54, 1.807) is 24.3 Å². The highest BCUT2D eigenvalue weighted by molar-refractivity contribution is 5.93. The molecule has 0 aliphatic carbocycles. The van der Waals surface area contributed by atoms with Gasteiger partial charge in [0.2, 0.25) is 17.3 Å². The highest BCUT2D eigenvalue weighted by Crippen LogP contribution is 2.25. The number of hydrogen-bond donors (Lipinski definition) is 4. The van der Waals surface area contributed by atoms with Crippen molar-refractivity contribution in [1.82, 2.24) is 10.3 Å². The molecule has 0 spiro atoms. The average Bonchev–Trinajstić information content (AvgIpc) is 3.22. The van der Waals surface area contributed by atoms with Crippen LogP contribution in [0.3, 0.4) is 0 Å². The third-order valence-electron chi connectivity index (χ3n) is 4.67. The van der Waals surface area contributed by atoms with E-state index in [4.69, 9.17) is 10.3 Å². The van der Waals surface area contributed by atoms with Gasteiger partial charge in [-0.15, -0.1) is 0 Å². The Morgan fingerprint density at radius 3 is 2.53 bits per heavy atom. The number of rotatable bonds is 10. The van der Waals surface area contributed by atoms with E-state index in [1.165, 1.54) is 24.4 Å². The lowest BCUT2D eigenvalue weighted by Crippen LogP contribution is -2.30. The largest absolute Gasteiger partial charge is 0.546 e. The lowest BCUT2D eigenvalue weighted by molar-refractivity contribution is -0.406. The Morgan fingerprint density at radius 2 is 1.88 bits per heavy atom. The number of amides is 2. The van der Waals surface area contributed by atoms with Crippen molar-refractivity contribution in [1.29, 1.82) is 0 Å². The molecule has 3 rings (SSSR count). The molecule has 176 valence electrons. The predicted molar refractivity (Wildman–Crippen MR) is 120 cm³/mol. The van der Waals surface area contributed by atoms with E-state index in [-0.39, 0.29) is 23.9 Å². The Labute approximate surface area is 191 Å². The normalized spacial score (nSPS) is 11.9. The number of oxazole rings is 1. The van der Waals surface area contributed by atoms with E-state index in [9.17, 15) is 29.6 Å². The van der Waals surface area contributed by atoms with E-state index in [2.05, 4.69) is 20.7 Å². The van der Waals surface area contributed by atoms with Crippen LogP contribution in [0.4, 0.5) is 11.7 Å². The monoisotopic (exact) mass is 468 g/mol. The van der Waals surface area contributed by atoms with Crippen LogP contribution in [-0.2, 0) is 14.4 Å². The van der Waals surface area contributed by atoms with Crippen molar-refractivity contribution in [2.45, 2.75) is 25.3 Å². The zero-order valence-corrected chi connectivity index (χ0v) is 17.6. The number of nitrogens with zero attached hydrogens (tertiary/aromatic N) is 3. The number of nitrogens with two attached hydrogens (primary N) is 1. The maximum atomic E-state index is 12.4. The van der Waals surface area contributed by atoms with Gasteiger partial charge in [-0.1, -0.05) is 18.2 Å². The maximum absolute atomic E-state index is 12.4. The second-order valence-corrected chi connectivity index (χ2v) is 7.15. The number of carbonyl (C=O) groups excluding carboxylic acids is 2. The minimum atomic E-state index is -1.17. The quantitative estimate of drug-likeness (QED) is 0.149. The fraction of sp³-hybridized carbons (Fsp3) is 0.190. The molecule has 5 N–H and O–H groups in total. The number of benzene rings is 2. The smallest absolute Gasteiger partial charge is 0.481 e. The Morgan fingerprint density at radius 1 is 1.18 bits per heavy atom. The summed E-state index contributed by atoms with van der Waals surface area (Å²) < 4.78 is 4.99. The molecule has 13 heteroatoms. The molecule has 1 heterocycles. The van der Waals surface area contributed by atoms with Gasteiger partial charge in [0.15, 0.2) is 5.58 Å². The lowest BCUT2D eigenvalue weighted by atomic mass is 10.0. The highest BCUT2D eigenvalue weighted by atomic mass is 16.7. The van der Waals surface area contributed by atoms with E-state index in [1.807, 2.05) is 0 Å². The summed E-state index contributed by atoms with van der Waals surface area (Å²) in [4.78, 5) is 49.7. The molecule has 1 atom stereocenters. The molecule has 0 aliphatic rings. The van der Waals surface area contributed by atoms with Crippen molar-refractivity contribution in [2.75, 3.05) is 5.32 Å². The number of nitro groups is 1. The fourth-order valence-corrected chi connectivity index (χ4v) is 3.11. The molecule has 3 aromatic rings. The van der Waals surface area contributed by atoms with E-state index in [0.717, 1.165) is 5.56 Å². The third-order valence-corrected chi connectivity index (χ3v) is 4.67. The molecule has 0 saturated carbocycles. The number of anilines is 1. The summed E-state index contributed by atoms with van der Waals surface area (Å²) in [5.74, 6) is 2.97. The van der Waals surface area contributed by atoms with Crippen LogP contribution in [0.5, 0.6) is 0 Å². The number of carboxylic acid groups (broad SMARTS) is 1. The van der Waals surface area contributed by atoms with Crippen molar-refractivity contribution < 1.29 is 28.8 Å². The lowest BCUT2D eigenvalue weighted by Gasteiger charge is -2.17. The van der Waals surface area contributed by atoms with Gasteiger partial charge in [0.05, 0.1) is 18.7 Å². The molecule has 2 amide bonds. The Hall–Kier alpha value is -4.81. The van der Waals surface area contributed by atoms with Gasteiger partial charge in [0.1, 0.15) is 0 Å². The second kappa shape index (κ2) is 10.7. The summed E-state index contributed by atoms with van der Waals surface area (Å²) in [5.41, 5.74) is 1.95. The molecule has 1 aromatic heterocycles. The van der Waals surface area contributed by atoms with Gasteiger partial charge in [-0.05, 0) is 35.4 Å². The third kappa shape index (κ3) is 6.35. The van der Waals surface area contributed by atoms with Crippen molar-refractivity contribution >= 4 is 46.8 Å². The van der Waals surface area contributed by atoms with E-state index >= 15 is 0 Å². The summed E-state index contributed by atoms with van der Waals surface area (Å²) in [6, 6.07) is 9.38. The first-order valence-electron chi connectivity index (χ1n) is 9.94. The number of carboxylic acids is 1. The van der Waals surface area contributed by atoms with Gasteiger partial charge in [-0.2, -0.15) is 5.10 Å². The second-order valence-electron chi connectivity index (χ2n) is 7.15. The number of hydrogen-bond acceptors (Lipinski definition) is 9. The standard InChI is InChI=1S/C21H20N6O7/c22-23-11-12-1-4-14(5-2-12)24-18(28)7-8-19(29)25-15(10-20(30)31)13-3-6-17-16(9-13)26-21(34-17)27(32)33/h1-6,9,11,15H,7-8,10,22H2,(H,24,28)(H,25,29)(H,30,31). The molecule has 34 heavy (non-hydrogen) atoms. The van der Waals surface area contributed by atoms with Crippen molar-refractivity contribution in [3.05, 3.63) is 63.7 Å². The number of carbonyl (C=O) groups is 3. The molecule has 0 saturated heterocycles.